The first kappa shape index (κ1) is 15.8. The fraction of sp³-hybridized carbons (Fsp3) is 0.455. The lowest BCUT2D eigenvalue weighted by Crippen LogP contribution is -2.40. The Morgan fingerprint density at radius 1 is 1.11 bits per heavy atom. The predicted molar refractivity (Wildman–Crippen MR) is 63.2 cm³/mol. The van der Waals surface area contributed by atoms with E-state index < -0.39 is 32.6 Å². The van der Waals surface area contributed by atoms with Crippen molar-refractivity contribution in [2.75, 3.05) is 0 Å². The molecule has 4 nitrogen and oxygen atoms in total. The van der Waals surface area contributed by atoms with Gasteiger partial charge < -0.3 is 4.74 Å². The number of alkyl halides is 3. The Balaban J connectivity index is 3.21. The molecule has 0 aliphatic rings. The Bertz CT molecular complexity index is 547. The van der Waals surface area contributed by atoms with E-state index in [1.54, 1.807) is 20.8 Å². The van der Waals surface area contributed by atoms with Crippen molar-refractivity contribution >= 4 is 10.0 Å². The molecule has 0 saturated heterocycles. The van der Waals surface area contributed by atoms with Gasteiger partial charge in [0.1, 0.15) is 10.6 Å². The number of ether oxygens (including phenoxy) is 1. The number of benzene rings is 1. The molecule has 1 aromatic rings. The largest absolute Gasteiger partial charge is 0.573 e. The van der Waals surface area contributed by atoms with Crippen molar-refractivity contribution in [3.8, 4) is 5.75 Å². The minimum atomic E-state index is -4.95. The van der Waals surface area contributed by atoms with Gasteiger partial charge in [0.15, 0.2) is 0 Å². The van der Waals surface area contributed by atoms with Gasteiger partial charge in [-0.25, -0.2) is 13.1 Å². The van der Waals surface area contributed by atoms with Gasteiger partial charge >= 0.3 is 6.36 Å². The second-order valence-electron chi connectivity index (χ2n) is 4.85. The molecule has 0 aliphatic carbocycles. The van der Waals surface area contributed by atoms with Crippen LogP contribution in [0.25, 0.3) is 0 Å². The van der Waals surface area contributed by atoms with Crippen LogP contribution >= 0.6 is 0 Å². The third-order valence-corrected chi connectivity index (χ3v) is 3.60. The molecule has 1 N–H and O–H groups in total. The lowest BCUT2D eigenvalue weighted by atomic mass is 10.1. The molecule has 19 heavy (non-hydrogen) atoms. The van der Waals surface area contributed by atoms with Gasteiger partial charge in [-0.3, -0.25) is 0 Å². The highest BCUT2D eigenvalue weighted by Gasteiger charge is 2.34. The zero-order valence-electron chi connectivity index (χ0n) is 10.6. The van der Waals surface area contributed by atoms with Crippen LogP contribution in [-0.2, 0) is 10.0 Å². The average molecular weight is 297 g/mol. The van der Waals surface area contributed by atoms with Gasteiger partial charge in [-0.2, -0.15) is 0 Å². The Hall–Kier alpha value is -1.28. The highest BCUT2D eigenvalue weighted by atomic mass is 32.2. The van der Waals surface area contributed by atoms with Crippen LogP contribution in [0, 0.1) is 0 Å². The average Bonchev–Trinajstić information content (AvgIpc) is 2.11. The predicted octanol–water partition coefficient (Wildman–Crippen LogP) is 2.66. The molecule has 8 heteroatoms. The van der Waals surface area contributed by atoms with Crippen molar-refractivity contribution in [1.82, 2.24) is 4.72 Å². The first-order valence-electron chi connectivity index (χ1n) is 5.29. The van der Waals surface area contributed by atoms with E-state index in [-0.39, 0.29) is 0 Å². The van der Waals surface area contributed by atoms with Crippen LogP contribution in [0.5, 0.6) is 5.75 Å². The van der Waals surface area contributed by atoms with E-state index in [0.29, 0.717) is 0 Å². The summed E-state index contributed by atoms with van der Waals surface area (Å²) in [5.41, 5.74) is -0.815. The normalized spacial score (nSPS) is 13.4. The van der Waals surface area contributed by atoms with E-state index in [9.17, 15) is 21.6 Å². The van der Waals surface area contributed by atoms with Gasteiger partial charge in [0.2, 0.25) is 10.0 Å². The molecule has 0 fully saturated rings. The molecule has 1 rings (SSSR count). The third kappa shape index (κ3) is 5.07. The molecular formula is C11H14F3NO3S. The molecule has 1 aromatic carbocycles. The lowest BCUT2D eigenvalue weighted by molar-refractivity contribution is -0.275. The van der Waals surface area contributed by atoms with Crippen LogP contribution in [0.15, 0.2) is 29.2 Å². The monoisotopic (exact) mass is 297 g/mol. The summed E-state index contributed by atoms with van der Waals surface area (Å²) in [5.74, 6) is -0.758. The van der Waals surface area contributed by atoms with Crippen molar-refractivity contribution < 1.29 is 26.3 Å². The van der Waals surface area contributed by atoms with Gasteiger partial charge in [0, 0.05) is 5.54 Å². The SMILES string of the molecule is CC(C)(C)NS(=O)(=O)c1ccccc1OC(F)(F)F. The minimum absolute atomic E-state index is 0.553. The summed E-state index contributed by atoms with van der Waals surface area (Å²) >= 11 is 0. The number of rotatable bonds is 3. The van der Waals surface area contributed by atoms with Crippen LogP contribution in [0.1, 0.15) is 20.8 Å². The fourth-order valence-corrected chi connectivity index (χ4v) is 2.89. The highest BCUT2D eigenvalue weighted by molar-refractivity contribution is 7.89. The summed E-state index contributed by atoms with van der Waals surface area (Å²) in [6.07, 6.45) is -4.95. The molecule has 108 valence electrons. The van der Waals surface area contributed by atoms with Gasteiger partial charge in [-0.05, 0) is 32.9 Å². The van der Waals surface area contributed by atoms with Gasteiger partial charge in [-0.15, -0.1) is 13.2 Å². The van der Waals surface area contributed by atoms with Gasteiger partial charge in [-0.1, -0.05) is 12.1 Å². The molecule has 0 radical (unpaired) electrons. The van der Waals surface area contributed by atoms with Crippen molar-refractivity contribution in [2.24, 2.45) is 0 Å². The lowest BCUT2D eigenvalue weighted by Gasteiger charge is -2.21. The maximum absolute atomic E-state index is 12.2. The maximum atomic E-state index is 12.2. The van der Waals surface area contributed by atoms with Crippen molar-refractivity contribution in [3.05, 3.63) is 24.3 Å². The second-order valence-corrected chi connectivity index (χ2v) is 6.50. The molecule has 0 unspecified atom stereocenters. The smallest absolute Gasteiger partial charge is 0.404 e. The Labute approximate surface area is 109 Å². The number of para-hydroxylation sites is 1. The van der Waals surface area contributed by atoms with Crippen molar-refractivity contribution in [3.63, 3.8) is 0 Å². The summed E-state index contributed by atoms with van der Waals surface area (Å²) in [6, 6.07) is 4.58. The molecule has 0 atom stereocenters. The minimum Gasteiger partial charge on any atom is -0.404 e. The summed E-state index contributed by atoms with van der Waals surface area (Å²) in [6.45, 7) is 4.74. The van der Waals surface area contributed by atoms with E-state index in [4.69, 9.17) is 0 Å². The van der Waals surface area contributed by atoms with E-state index in [2.05, 4.69) is 9.46 Å². The van der Waals surface area contributed by atoms with E-state index in [1.807, 2.05) is 0 Å². The molecule has 0 heterocycles. The quantitative estimate of drug-likeness (QED) is 0.933. The zero-order valence-corrected chi connectivity index (χ0v) is 11.4. The van der Waals surface area contributed by atoms with Crippen molar-refractivity contribution in [1.29, 1.82) is 0 Å². The summed E-state index contributed by atoms with van der Waals surface area (Å²) in [7, 11) is -4.10. The van der Waals surface area contributed by atoms with E-state index >= 15 is 0 Å². The van der Waals surface area contributed by atoms with Crippen LogP contribution in [0.4, 0.5) is 13.2 Å². The number of halogens is 3. The first-order chi connectivity index (χ1) is 8.41. The maximum Gasteiger partial charge on any atom is 0.573 e. The number of hydrogen-bond donors (Lipinski definition) is 1. The molecule has 0 aromatic heterocycles. The Morgan fingerprint density at radius 3 is 2.11 bits per heavy atom. The fourth-order valence-electron chi connectivity index (χ4n) is 1.34. The van der Waals surface area contributed by atoms with E-state index in [0.717, 1.165) is 12.1 Å². The van der Waals surface area contributed by atoms with Crippen LogP contribution in [0.3, 0.4) is 0 Å². The zero-order chi connectivity index (χ0) is 14.9. The highest BCUT2D eigenvalue weighted by Crippen LogP contribution is 2.29. The summed E-state index contributed by atoms with van der Waals surface area (Å²) < 4.78 is 66.6. The Morgan fingerprint density at radius 2 is 1.63 bits per heavy atom. The second kappa shape index (κ2) is 5.01. The van der Waals surface area contributed by atoms with Gasteiger partial charge in [0.25, 0.3) is 0 Å². The standard InChI is InChI=1S/C11H14F3NO3S/c1-10(2,3)15-19(16,17)9-7-5-4-6-8(9)18-11(12,13)14/h4-7,15H,1-3H3. The molecule has 0 saturated carbocycles. The van der Waals surface area contributed by atoms with Crippen molar-refractivity contribution in [2.45, 2.75) is 37.6 Å². The number of hydrogen-bond acceptors (Lipinski definition) is 3. The van der Waals surface area contributed by atoms with E-state index in [1.165, 1.54) is 12.1 Å². The third-order valence-electron chi connectivity index (χ3n) is 1.80. The topological polar surface area (TPSA) is 55.4 Å². The number of sulfonamides is 1. The van der Waals surface area contributed by atoms with Crippen LogP contribution < -0.4 is 9.46 Å². The Kier molecular flexibility index (Phi) is 4.16. The molecule has 0 aliphatic heterocycles. The molecule has 0 spiro atoms. The molecular weight excluding hydrogens is 283 g/mol. The van der Waals surface area contributed by atoms with Crippen LogP contribution in [0.2, 0.25) is 0 Å². The molecule has 0 bridgehead atoms. The van der Waals surface area contributed by atoms with Gasteiger partial charge in [0.05, 0.1) is 0 Å². The first-order valence-corrected chi connectivity index (χ1v) is 6.78. The summed E-state index contributed by atoms with van der Waals surface area (Å²) in [5, 5.41) is 0. The van der Waals surface area contributed by atoms with Crippen LogP contribution in [-0.4, -0.2) is 20.3 Å². The number of nitrogens with one attached hydrogen (secondary N) is 1. The summed E-state index contributed by atoms with van der Waals surface area (Å²) in [4.78, 5) is -0.553. The molecule has 0 amide bonds.